The van der Waals surface area contributed by atoms with E-state index in [-0.39, 0.29) is 18.1 Å². The Balaban J connectivity index is 1.67. The van der Waals surface area contributed by atoms with Crippen LogP contribution in [0, 0.1) is 5.82 Å². The topological polar surface area (TPSA) is 73.4 Å². The Bertz CT molecular complexity index is 838. The molecule has 156 valence electrons. The minimum absolute atomic E-state index is 0.115. The van der Waals surface area contributed by atoms with Crippen LogP contribution in [-0.2, 0) is 11.3 Å². The van der Waals surface area contributed by atoms with Crippen molar-refractivity contribution in [1.29, 1.82) is 0 Å². The maximum absolute atomic E-state index is 13.7. The number of amides is 1. The number of nitrogens with zero attached hydrogens (tertiary/aromatic N) is 4. The largest absolute Gasteiger partial charge is 0.363 e. The SMILES string of the molecule is CN(CC(=O)Nc1ccccc1F)Cc1nc([C@@H]2CCCNC2)cc(N(C)C)n1. The van der Waals surface area contributed by atoms with Gasteiger partial charge >= 0.3 is 0 Å². The second kappa shape index (κ2) is 9.76. The van der Waals surface area contributed by atoms with Gasteiger partial charge in [0.15, 0.2) is 0 Å². The summed E-state index contributed by atoms with van der Waals surface area (Å²) in [6, 6.07) is 8.19. The number of nitrogens with one attached hydrogen (secondary N) is 2. The second-order valence-corrected chi connectivity index (χ2v) is 7.71. The first-order chi connectivity index (χ1) is 13.9. The smallest absolute Gasteiger partial charge is 0.238 e. The summed E-state index contributed by atoms with van der Waals surface area (Å²) in [7, 11) is 5.75. The molecule has 2 N–H and O–H groups in total. The highest BCUT2D eigenvalue weighted by atomic mass is 19.1. The van der Waals surface area contributed by atoms with Gasteiger partial charge in [0.1, 0.15) is 17.5 Å². The molecule has 0 spiro atoms. The van der Waals surface area contributed by atoms with Crippen molar-refractivity contribution in [3.05, 3.63) is 47.7 Å². The number of anilines is 2. The van der Waals surface area contributed by atoms with Crippen LogP contribution in [0.5, 0.6) is 0 Å². The van der Waals surface area contributed by atoms with Crippen LogP contribution in [0.2, 0.25) is 0 Å². The molecule has 8 heteroatoms. The number of benzene rings is 1. The second-order valence-electron chi connectivity index (χ2n) is 7.71. The third-order valence-electron chi connectivity index (χ3n) is 4.92. The van der Waals surface area contributed by atoms with Crippen LogP contribution >= 0.6 is 0 Å². The van der Waals surface area contributed by atoms with E-state index in [0.29, 0.717) is 18.3 Å². The molecule has 29 heavy (non-hydrogen) atoms. The number of likely N-dealkylation sites (N-methyl/N-ethyl adjacent to an activating group) is 1. The van der Waals surface area contributed by atoms with Gasteiger partial charge in [0, 0.05) is 32.6 Å². The normalized spacial score (nSPS) is 16.7. The molecule has 0 aliphatic carbocycles. The van der Waals surface area contributed by atoms with Crippen molar-refractivity contribution >= 4 is 17.4 Å². The minimum atomic E-state index is -0.448. The number of rotatable bonds is 7. The van der Waals surface area contributed by atoms with Crippen LogP contribution in [0.25, 0.3) is 0 Å². The van der Waals surface area contributed by atoms with E-state index in [0.717, 1.165) is 37.4 Å². The van der Waals surface area contributed by atoms with Crippen LogP contribution in [0.3, 0.4) is 0 Å². The highest BCUT2D eigenvalue weighted by molar-refractivity contribution is 5.92. The fourth-order valence-electron chi connectivity index (χ4n) is 3.41. The van der Waals surface area contributed by atoms with Gasteiger partial charge in [0.2, 0.25) is 5.91 Å². The number of halogens is 1. The fourth-order valence-corrected chi connectivity index (χ4v) is 3.41. The predicted octanol–water partition coefficient (Wildman–Crippen LogP) is 2.22. The monoisotopic (exact) mass is 400 g/mol. The van der Waals surface area contributed by atoms with Crippen molar-refractivity contribution in [3.63, 3.8) is 0 Å². The van der Waals surface area contributed by atoms with Crippen molar-refractivity contribution in [2.24, 2.45) is 0 Å². The Hall–Kier alpha value is -2.58. The fraction of sp³-hybridized carbons (Fsp3) is 0.476. The van der Waals surface area contributed by atoms with Gasteiger partial charge in [-0.2, -0.15) is 0 Å². The van der Waals surface area contributed by atoms with Crippen molar-refractivity contribution in [3.8, 4) is 0 Å². The van der Waals surface area contributed by atoms with Crippen LogP contribution in [0.15, 0.2) is 30.3 Å². The molecule has 2 aromatic rings. The first kappa shape index (κ1) is 21.1. The van der Waals surface area contributed by atoms with Gasteiger partial charge in [-0.25, -0.2) is 14.4 Å². The number of carbonyl (C=O) groups excluding carboxylic acids is 1. The lowest BCUT2D eigenvalue weighted by atomic mass is 9.96. The quantitative estimate of drug-likeness (QED) is 0.743. The third kappa shape index (κ3) is 5.95. The molecule has 0 bridgehead atoms. The highest BCUT2D eigenvalue weighted by Crippen LogP contribution is 2.24. The van der Waals surface area contributed by atoms with E-state index in [1.165, 1.54) is 6.07 Å². The zero-order valence-electron chi connectivity index (χ0n) is 17.3. The third-order valence-corrected chi connectivity index (χ3v) is 4.92. The Morgan fingerprint density at radius 3 is 2.76 bits per heavy atom. The van der Waals surface area contributed by atoms with E-state index in [4.69, 9.17) is 4.98 Å². The first-order valence-corrected chi connectivity index (χ1v) is 9.91. The Morgan fingerprint density at radius 1 is 1.28 bits per heavy atom. The van der Waals surface area contributed by atoms with Crippen LogP contribution in [-0.4, -0.2) is 61.6 Å². The van der Waals surface area contributed by atoms with E-state index < -0.39 is 5.82 Å². The first-order valence-electron chi connectivity index (χ1n) is 9.91. The lowest BCUT2D eigenvalue weighted by Crippen LogP contribution is -2.32. The molecular formula is C21H29FN6O. The zero-order valence-corrected chi connectivity index (χ0v) is 17.3. The van der Waals surface area contributed by atoms with Crippen molar-refractivity contribution in [2.75, 3.05) is 51.0 Å². The zero-order chi connectivity index (χ0) is 20.8. The summed E-state index contributed by atoms with van der Waals surface area (Å²) in [6.45, 7) is 2.52. The molecule has 1 aliphatic heterocycles. The summed E-state index contributed by atoms with van der Waals surface area (Å²) in [4.78, 5) is 25.5. The van der Waals surface area contributed by atoms with Crippen LogP contribution < -0.4 is 15.5 Å². The van der Waals surface area contributed by atoms with Gasteiger partial charge in [-0.05, 0) is 38.6 Å². The van der Waals surface area contributed by atoms with Gasteiger partial charge in [-0.1, -0.05) is 12.1 Å². The molecule has 1 aliphatic rings. The number of hydrogen-bond acceptors (Lipinski definition) is 6. The summed E-state index contributed by atoms with van der Waals surface area (Å²) in [5.41, 5.74) is 1.22. The lowest BCUT2D eigenvalue weighted by Gasteiger charge is -2.24. The van der Waals surface area contributed by atoms with Crippen LogP contribution in [0.1, 0.15) is 30.3 Å². The Morgan fingerprint density at radius 2 is 2.07 bits per heavy atom. The molecular weight excluding hydrogens is 371 g/mol. The summed E-state index contributed by atoms with van der Waals surface area (Å²) in [5.74, 6) is 1.19. The standard InChI is InChI=1S/C21H29FN6O/c1-27(2)20-11-18(15-7-6-10-23-12-15)24-19(26-20)13-28(3)14-21(29)25-17-9-5-4-8-16(17)22/h4-5,8-9,11,15,23H,6-7,10,12-14H2,1-3H3,(H,25,29)/t15-/m1/s1. The van der Waals surface area contributed by atoms with E-state index in [2.05, 4.69) is 15.6 Å². The number of aromatic nitrogens is 2. The maximum Gasteiger partial charge on any atom is 0.238 e. The molecule has 0 unspecified atom stereocenters. The summed E-state index contributed by atoms with van der Waals surface area (Å²) >= 11 is 0. The molecule has 1 aromatic heterocycles. The molecule has 7 nitrogen and oxygen atoms in total. The summed E-state index contributed by atoms with van der Waals surface area (Å²) < 4.78 is 13.7. The Kier molecular flexibility index (Phi) is 7.11. The molecule has 1 atom stereocenters. The molecule has 0 radical (unpaired) electrons. The molecule has 1 amide bonds. The molecule has 1 saturated heterocycles. The summed E-state index contributed by atoms with van der Waals surface area (Å²) in [5, 5.41) is 6.03. The van der Waals surface area contributed by atoms with Gasteiger partial charge in [0.25, 0.3) is 0 Å². The highest BCUT2D eigenvalue weighted by Gasteiger charge is 2.19. The van der Waals surface area contributed by atoms with Gasteiger partial charge < -0.3 is 15.5 Å². The molecule has 3 rings (SSSR count). The number of hydrogen-bond donors (Lipinski definition) is 2. The lowest BCUT2D eigenvalue weighted by molar-refractivity contribution is -0.117. The Labute approximate surface area is 171 Å². The predicted molar refractivity (Wildman–Crippen MR) is 113 cm³/mol. The van der Waals surface area contributed by atoms with Crippen molar-refractivity contribution in [2.45, 2.75) is 25.3 Å². The van der Waals surface area contributed by atoms with E-state index in [9.17, 15) is 9.18 Å². The minimum Gasteiger partial charge on any atom is -0.363 e. The molecule has 1 fully saturated rings. The number of carbonyl (C=O) groups is 1. The average molecular weight is 401 g/mol. The molecule has 0 saturated carbocycles. The van der Waals surface area contributed by atoms with E-state index in [1.807, 2.05) is 37.0 Å². The van der Waals surface area contributed by atoms with Gasteiger partial charge in [-0.15, -0.1) is 0 Å². The van der Waals surface area contributed by atoms with Crippen molar-refractivity contribution in [1.82, 2.24) is 20.2 Å². The molecule has 1 aromatic carbocycles. The van der Waals surface area contributed by atoms with E-state index in [1.54, 1.807) is 18.2 Å². The average Bonchev–Trinajstić information content (AvgIpc) is 2.70. The maximum atomic E-state index is 13.7. The van der Waals surface area contributed by atoms with E-state index >= 15 is 0 Å². The van der Waals surface area contributed by atoms with Gasteiger partial charge in [0.05, 0.1) is 24.5 Å². The van der Waals surface area contributed by atoms with Crippen molar-refractivity contribution < 1.29 is 9.18 Å². The number of para-hydroxylation sites is 1. The molecule has 2 heterocycles. The number of piperidine rings is 1. The van der Waals surface area contributed by atoms with Crippen LogP contribution in [0.4, 0.5) is 15.9 Å². The van der Waals surface area contributed by atoms with Gasteiger partial charge in [-0.3, -0.25) is 9.69 Å². The summed E-state index contributed by atoms with van der Waals surface area (Å²) in [6.07, 6.45) is 2.24.